The molecule has 0 spiro atoms. The van der Waals surface area contributed by atoms with Crippen LogP contribution < -0.4 is 4.74 Å². The largest absolute Gasteiger partial charge is 0.497 e. The number of fused-ring (bicyclic) bond motifs is 5. The van der Waals surface area contributed by atoms with Gasteiger partial charge in [-0.05, 0) is 47.2 Å². The summed E-state index contributed by atoms with van der Waals surface area (Å²) in [6, 6.07) is 29.8. The van der Waals surface area contributed by atoms with Gasteiger partial charge in [-0.2, -0.15) is 0 Å². The number of para-hydroxylation sites is 1. The number of rotatable bonds is 2. The van der Waals surface area contributed by atoms with Crippen molar-refractivity contribution < 1.29 is 4.74 Å². The van der Waals surface area contributed by atoms with Crippen molar-refractivity contribution in [3.05, 3.63) is 84.9 Å². The van der Waals surface area contributed by atoms with Gasteiger partial charge in [-0.15, -0.1) is 0 Å². The second-order valence-electron chi connectivity index (χ2n) is 6.23. The van der Waals surface area contributed by atoms with Crippen LogP contribution in [0.1, 0.15) is 0 Å². The summed E-state index contributed by atoms with van der Waals surface area (Å²) in [4.78, 5) is 0. The summed E-state index contributed by atoms with van der Waals surface area (Å²) in [7, 11) is 1.72. The van der Waals surface area contributed by atoms with Crippen LogP contribution in [0.5, 0.6) is 5.75 Å². The molecular formula is C23H17NO. The van der Waals surface area contributed by atoms with E-state index in [2.05, 4.69) is 83.4 Å². The first-order valence-corrected chi connectivity index (χ1v) is 8.42. The molecular weight excluding hydrogens is 306 g/mol. The van der Waals surface area contributed by atoms with E-state index >= 15 is 0 Å². The minimum absolute atomic E-state index is 0.882. The molecule has 2 heteroatoms. The van der Waals surface area contributed by atoms with Crippen molar-refractivity contribution in [2.24, 2.45) is 0 Å². The lowest BCUT2D eigenvalue weighted by atomic mass is 10.0. The smallest absolute Gasteiger partial charge is 0.119 e. The van der Waals surface area contributed by atoms with Crippen LogP contribution in [0.15, 0.2) is 84.9 Å². The highest BCUT2D eigenvalue weighted by molar-refractivity contribution is 6.21. The van der Waals surface area contributed by atoms with E-state index in [1.807, 2.05) is 6.07 Å². The van der Waals surface area contributed by atoms with E-state index in [4.69, 9.17) is 4.74 Å². The molecule has 5 rings (SSSR count). The van der Waals surface area contributed by atoms with Gasteiger partial charge in [-0.3, -0.25) is 0 Å². The Balaban J connectivity index is 2.04. The fourth-order valence-electron chi connectivity index (χ4n) is 3.75. The van der Waals surface area contributed by atoms with E-state index in [0.717, 1.165) is 5.75 Å². The molecule has 4 aromatic carbocycles. The molecule has 0 radical (unpaired) electrons. The second kappa shape index (κ2) is 5.38. The Morgan fingerprint density at radius 3 is 2.28 bits per heavy atom. The van der Waals surface area contributed by atoms with Gasteiger partial charge >= 0.3 is 0 Å². The quantitative estimate of drug-likeness (QED) is 0.392. The van der Waals surface area contributed by atoms with Gasteiger partial charge in [0.25, 0.3) is 0 Å². The summed E-state index contributed by atoms with van der Waals surface area (Å²) in [5, 5.41) is 5.02. The fraction of sp³-hybridized carbons (Fsp3) is 0.0435. The molecule has 0 aliphatic rings. The summed E-state index contributed by atoms with van der Waals surface area (Å²) >= 11 is 0. The molecule has 0 saturated carbocycles. The third kappa shape index (κ3) is 2.04. The summed E-state index contributed by atoms with van der Waals surface area (Å²) in [5.74, 6) is 0.882. The Hall–Kier alpha value is -3.26. The van der Waals surface area contributed by atoms with Crippen LogP contribution in [-0.2, 0) is 0 Å². The molecule has 0 saturated heterocycles. The highest BCUT2D eigenvalue weighted by Crippen LogP contribution is 2.38. The second-order valence-corrected chi connectivity index (χ2v) is 6.23. The Kier molecular flexibility index (Phi) is 3.04. The van der Waals surface area contributed by atoms with E-state index in [9.17, 15) is 0 Å². The number of hydrogen-bond donors (Lipinski definition) is 0. The van der Waals surface area contributed by atoms with Crippen molar-refractivity contribution in [3.8, 4) is 11.4 Å². The predicted molar refractivity (Wildman–Crippen MR) is 105 cm³/mol. The Morgan fingerprint density at radius 2 is 1.44 bits per heavy atom. The van der Waals surface area contributed by atoms with Crippen LogP contribution >= 0.6 is 0 Å². The molecule has 0 unspecified atom stereocenters. The first-order valence-electron chi connectivity index (χ1n) is 8.42. The maximum Gasteiger partial charge on any atom is 0.119 e. The lowest BCUT2D eigenvalue weighted by molar-refractivity contribution is 0.415. The molecule has 0 atom stereocenters. The van der Waals surface area contributed by atoms with Gasteiger partial charge in [0.1, 0.15) is 5.75 Å². The SMILES string of the molecule is COc1ccc2c(c1)c1c3ccccc3ccc1n2-c1ccccc1. The van der Waals surface area contributed by atoms with Gasteiger partial charge in [0.15, 0.2) is 0 Å². The Labute approximate surface area is 145 Å². The zero-order chi connectivity index (χ0) is 16.8. The number of aromatic nitrogens is 1. The normalized spacial score (nSPS) is 11.4. The number of methoxy groups -OCH3 is 1. The molecule has 0 N–H and O–H groups in total. The Morgan fingerprint density at radius 1 is 0.680 bits per heavy atom. The topological polar surface area (TPSA) is 14.2 Å². The van der Waals surface area contributed by atoms with Crippen LogP contribution in [-0.4, -0.2) is 11.7 Å². The first-order chi connectivity index (χ1) is 12.4. The maximum atomic E-state index is 5.49. The highest BCUT2D eigenvalue weighted by atomic mass is 16.5. The first kappa shape index (κ1) is 14.1. The van der Waals surface area contributed by atoms with Crippen LogP contribution in [0.3, 0.4) is 0 Å². The zero-order valence-electron chi connectivity index (χ0n) is 13.9. The van der Waals surface area contributed by atoms with E-state index in [1.54, 1.807) is 7.11 Å². The van der Waals surface area contributed by atoms with Gasteiger partial charge in [0.2, 0.25) is 0 Å². The summed E-state index contributed by atoms with van der Waals surface area (Å²) in [6.07, 6.45) is 0. The number of benzene rings is 4. The number of ether oxygens (including phenoxy) is 1. The van der Waals surface area contributed by atoms with Gasteiger partial charge in [0.05, 0.1) is 18.1 Å². The molecule has 0 amide bonds. The fourth-order valence-corrected chi connectivity index (χ4v) is 3.75. The molecule has 0 aliphatic carbocycles. The summed E-state index contributed by atoms with van der Waals surface area (Å²) in [5.41, 5.74) is 3.58. The van der Waals surface area contributed by atoms with Crippen molar-refractivity contribution >= 4 is 32.6 Å². The van der Waals surface area contributed by atoms with Gasteiger partial charge in [0, 0.05) is 16.5 Å². The minimum Gasteiger partial charge on any atom is -0.497 e. The summed E-state index contributed by atoms with van der Waals surface area (Å²) in [6.45, 7) is 0. The van der Waals surface area contributed by atoms with E-state index in [0.29, 0.717) is 0 Å². The zero-order valence-corrected chi connectivity index (χ0v) is 13.9. The van der Waals surface area contributed by atoms with Gasteiger partial charge in [-0.1, -0.05) is 48.5 Å². The van der Waals surface area contributed by atoms with Crippen LogP contribution in [0.2, 0.25) is 0 Å². The maximum absolute atomic E-state index is 5.49. The van der Waals surface area contributed by atoms with E-state index in [-0.39, 0.29) is 0 Å². The molecule has 1 aromatic heterocycles. The van der Waals surface area contributed by atoms with Gasteiger partial charge in [-0.25, -0.2) is 0 Å². The molecule has 2 nitrogen and oxygen atoms in total. The number of nitrogens with zero attached hydrogens (tertiary/aromatic N) is 1. The third-order valence-corrected chi connectivity index (χ3v) is 4.88. The van der Waals surface area contributed by atoms with Crippen molar-refractivity contribution in [3.63, 3.8) is 0 Å². The molecule has 5 aromatic rings. The van der Waals surface area contributed by atoms with E-state index in [1.165, 1.54) is 38.3 Å². The highest BCUT2D eigenvalue weighted by Gasteiger charge is 2.15. The predicted octanol–water partition coefficient (Wildman–Crippen LogP) is 5.95. The molecule has 0 fully saturated rings. The lowest BCUT2D eigenvalue weighted by Gasteiger charge is -2.08. The van der Waals surface area contributed by atoms with Crippen LogP contribution in [0.4, 0.5) is 0 Å². The average molecular weight is 323 g/mol. The third-order valence-electron chi connectivity index (χ3n) is 4.88. The van der Waals surface area contributed by atoms with E-state index < -0.39 is 0 Å². The minimum atomic E-state index is 0.882. The lowest BCUT2D eigenvalue weighted by Crippen LogP contribution is -1.93. The molecule has 0 aliphatic heterocycles. The average Bonchev–Trinajstić information content (AvgIpc) is 3.02. The van der Waals surface area contributed by atoms with Crippen LogP contribution in [0, 0.1) is 0 Å². The van der Waals surface area contributed by atoms with Crippen molar-refractivity contribution in [2.45, 2.75) is 0 Å². The summed E-state index contributed by atoms with van der Waals surface area (Å²) < 4.78 is 7.82. The van der Waals surface area contributed by atoms with Crippen LogP contribution in [0.25, 0.3) is 38.3 Å². The van der Waals surface area contributed by atoms with Crippen molar-refractivity contribution in [1.29, 1.82) is 0 Å². The molecule has 25 heavy (non-hydrogen) atoms. The van der Waals surface area contributed by atoms with Gasteiger partial charge < -0.3 is 9.30 Å². The molecule has 0 bridgehead atoms. The molecule has 1 heterocycles. The number of hydrogen-bond acceptors (Lipinski definition) is 1. The monoisotopic (exact) mass is 323 g/mol. The van der Waals surface area contributed by atoms with Crippen molar-refractivity contribution in [2.75, 3.05) is 7.11 Å². The molecule has 120 valence electrons. The Bertz CT molecular complexity index is 1220. The standard InChI is InChI=1S/C23H17NO/c1-25-18-12-14-21-20(15-18)23-19-10-6-5-7-16(19)11-13-22(23)24(21)17-8-3-2-4-9-17/h2-15H,1H3. The van der Waals surface area contributed by atoms with Crippen molar-refractivity contribution in [1.82, 2.24) is 4.57 Å².